The molecule has 0 saturated heterocycles. The van der Waals surface area contributed by atoms with E-state index < -0.39 is 6.43 Å². The topological polar surface area (TPSA) is 68.0 Å². The molecule has 1 amide bonds. The first-order valence-electron chi connectivity index (χ1n) is 10.9. The highest BCUT2D eigenvalue weighted by Gasteiger charge is 2.28. The molecule has 1 N–H and O–H groups in total. The van der Waals surface area contributed by atoms with E-state index in [4.69, 9.17) is 0 Å². The van der Waals surface area contributed by atoms with Gasteiger partial charge in [-0.15, -0.1) is 0 Å². The van der Waals surface area contributed by atoms with Crippen molar-refractivity contribution >= 4 is 22.9 Å². The first-order chi connectivity index (χ1) is 15.0. The van der Waals surface area contributed by atoms with Gasteiger partial charge in [-0.05, 0) is 44.5 Å². The fourth-order valence-corrected chi connectivity index (χ4v) is 4.32. The minimum absolute atomic E-state index is 0.103. The number of carbonyl (C=O) groups is 1. The number of nitrogens with one attached hydrogen (secondary N) is 1. The van der Waals surface area contributed by atoms with Gasteiger partial charge in [0.15, 0.2) is 0 Å². The summed E-state index contributed by atoms with van der Waals surface area (Å²) in [5.74, 6) is 0.147. The zero-order chi connectivity index (χ0) is 22.0. The molecule has 166 valence electrons. The number of alkyl halides is 2. The number of imidazole rings is 1. The average Bonchev–Trinajstić information content (AvgIpc) is 3.44. The van der Waals surface area contributed by atoms with Crippen molar-refractivity contribution in [1.29, 1.82) is 0 Å². The number of hydrogen-bond acceptors (Lipinski definition) is 4. The van der Waals surface area contributed by atoms with Crippen LogP contribution in [0.25, 0.3) is 11.0 Å². The summed E-state index contributed by atoms with van der Waals surface area (Å²) in [7, 11) is 0. The summed E-state index contributed by atoms with van der Waals surface area (Å²) in [5, 5.41) is 6.92. The number of fused-ring (bicyclic) bond motifs is 2. The minimum Gasteiger partial charge on any atom is -0.309 e. The largest absolute Gasteiger partial charge is 0.309 e. The van der Waals surface area contributed by atoms with Gasteiger partial charge in [0.2, 0.25) is 11.9 Å². The quantitative estimate of drug-likeness (QED) is 0.563. The van der Waals surface area contributed by atoms with Gasteiger partial charge in [-0.3, -0.25) is 14.8 Å². The Morgan fingerprint density at radius 1 is 1.23 bits per heavy atom. The molecule has 31 heavy (non-hydrogen) atoms. The van der Waals surface area contributed by atoms with Gasteiger partial charge in [0.05, 0.1) is 11.0 Å². The molecule has 1 aliphatic carbocycles. The van der Waals surface area contributed by atoms with Crippen LogP contribution in [0.1, 0.15) is 43.6 Å². The van der Waals surface area contributed by atoms with Crippen LogP contribution in [0.2, 0.25) is 0 Å². The SMILES string of the molecule is CCN(CC)CCn1c(NC(=O)Cn2nc(C(F)F)c3c2CCC3)nc2ccccc21. The van der Waals surface area contributed by atoms with Crippen molar-refractivity contribution < 1.29 is 13.6 Å². The van der Waals surface area contributed by atoms with Gasteiger partial charge in [-0.1, -0.05) is 26.0 Å². The monoisotopic (exact) mass is 430 g/mol. The Hall–Kier alpha value is -2.81. The van der Waals surface area contributed by atoms with E-state index in [0.29, 0.717) is 30.9 Å². The third kappa shape index (κ3) is 4.32. The third-order valence-corrected chi connectivity index (χ3v) is 5.98. The fraction of sp³-hybridized carbons (Fsp3) is 0.500. The maximum atomic E-state index is 13.3. The van der Waals surface area contributed by atoms with Crippen LogP contribution in [0.15, 0.2) is 24.3 Å². The number of likely N-dealkylation sites (N-methyl/N-ethyl adjacent to an activating group) is 1. The number of amides is 1. The molecule has 0 atom stereocenters. The molecule has 4 rings (SSSR count). The van der Waals surface area contributed by atoms with Crippen molar-refractivity contribution in [3.63, 3.8) is 0 Å². The molecule has 0 spiro atoms. The number of rotatable bonds is 9. The lowest BCUT2D eigenvalue weighted by molar-refractivity contribution is -0.117. The lowest BCUT2D eigenvalue weighted by Gasteiger charge is -2.19. The Kier molecular flexibility index (Phi) is 6.31. The molecule has 0 bridgehead atoms. The molecule has 1 aromatic carbocycles. The van der Waals surface area contributed by atoms with Crippen LogP contribution in [0.4, 0.5) is 14.7 Å². The molecule has 2 heterocycles. The first kappa shape index (κ1) is 21.4. The first-order valence-corrected chi connectivity index (χ1v) is 10.9. The van der Waals surface area contributed by atoms with Gasteiger partial charge in [-0.2, -0.15) is 5.10 Å². The van der Waals surface area contributed by atoms with E-state index in [-0.39, 0.29) is 18.1 Å². The summed E-state index contributed by atoms with van der Waals surface area (Å²) in [6, 6.07) is 7.75. The average molecular weight is 431 g/mol. The second kappa shape index (κ2) is 9.13. The maximum Gasteiger partial charge on any atom is 0.282 e. The Labute approximate surface area is 180 Å². The highest BCUT2D eigenvalue weighted by atomic mass is 19.3. The second-order valence-electron chi connectivity index (χ2n) is 7.77. The van der Waals surface area contributed by atoms with Crippen LogP contribution in [0.5, 0.6) is 0 Å². The maximum absolute atomic E-state index is 13.3. The van der Waals surface area contributed by atoms with Crippen LogP contribution in [-0.2, 0) is 30.7 Å². The van der Waals surface area contributed by atoms with Crippen molar-refractivity contribution in [3.05, 3.63) is 41.2 Å². The highest BCUT2D eigenvalue weighted by Crippen LogP contribution is 2.31. The lowest BCUT2D eigenvalue weighted by atomic mass is 10.2. The number of carbonyl (C=O) groups excluding carboxylic acids is 1. The minimum atomic E-state index is -2.62. The van der Waals surface area contributed by atoms with Crippen molar-refractivity contribution in [1.82, 2.24) is 24.2 Å². The molecule has 0 radical (unpaired) electrons. The van der Waals surface area contributed by atoms with E-state index in [0.717, 1.165) is 42.8 Å². The van der Waals surface area contributed by atoms with E-state index >= 15 is 0 Å². The third-order valence-electron chi connectivity index (χ3n) is 5.98. The van der Waals surface area contributed by atoms with Crippen molar-refractivity contribution in [2.45, 2.75) is 52.6 Å². The Balaban J connectivity index is 1.55. The number of halogens is 2. The molecule has 0 fully saturated rings. The molecule has 7 nitrogen and oxygen atoms in total. The number of nitrogens with zero attached hydrogens (tertiary/aromatic N) is 5. The van der Waals surface area contributed by atoms with Gasteiger partial charge in [0, 0.05) is 24.3 Å². The molecular formula is C22H28F2N6O. The standard InChI is InChI=1S/C22H28F2N6O/c1-3-28(4-2)12-13-29-18-10-6-5-9-16(18)25-22(29)26-19(31)14-30-17-11-7-8-15(17)20(27-30)21(23)24/h5-6,9-10,21H,3-4,7-8,11-14H2,1-2H3,(H,25,26,31). The van der Waals surface area contributed by atoms with Gasteiger partial charge < -0.3 is 9.47 Å². The zero-order valence-electron chi connectivity index (χ0n) is 17.9. The molecule has 0 aliphatic heterocycles. The predicted molar refractivity (Wildman–Crippen MR) is 115 cm³/mol. The van der Waals surface area contributed by atoms with Crippen LogP contribution in [-0.4, -0.2) is 49.8 Å². The number of aromatic nitrogens is 4. The molecule has 0 unspecified atom stereocenters. The van der Waals surface area contributed by atoms with Gasteiger partial charge in [0.25, 0.3) is 6.43 Å². The van der Waals surface area contributed by atoms with Gasteiger partial charge >= 0.3 is 0 Å². The molecule has 9 heteroatoms. The Bertz CT molecular complexity index is 1070. The summed E-state index contributed by atoms with van der Waals surface area (Å²) in [4.78, 5) is 19.7. The van der Waals surface area contributed by atoms with E-state index in [2.05, 4.69) is 34.1 Å². The second-order valence-corrected chi connectivity index (χ2v) is 7.77. The summed E-state index contributed by atoms with van der Waals surface area (Å²) in [6.45, 7) is 7.55. The van der Waals surface area contributed by atoms with Crippen molar-refractivity contribution in [2.75, 3.05) is 25.0 Å². The van der Waals surface area contributed by atoms with E-state index in [1.807, 2.05) is 28.8 Å². The molecule has 1 aliphatic rings. The molecule has 0 saturated carbocycles. The lowest BCUT2D eigenvalue weighted by Crippen LogP contribution is -2.28. The van der Waals surface area contributed by atoms with Gasteiger partial charge in [-0.25, -0.2) is 13.8 Å². The number of hydrogen-bond donors (Lipinski definition) is 1. The van der Waals surface area contributed by atoms with E-state index in [1.54, 1.807) is 0 Å². The summed E-state index contributed by atoms with van der Waals surface area (Å²) >= 11 is 0. The summed E-state index contributed by atoms with van der Waals surface area (Å²) in [5.41, 5.74) is 2.92. The van der Waals surface area contributed by atoms with Crippen molar-refractivity contribution in [3.8, 4) is 0 Å². The van der Waals surface area contributed by atoms with Crippen LogP contribution in [0.3, 0.4) is 0 Å². The Morgan fingerprint density at radius 3 is 2.74 bits per heavy atom. The highest BCUT2D eigenvalue weighted by molar-refractivity contribution is 5.91. The molecular weight excluding hydrogens is 402 g/mol. The number of anilines is 1. The summed E-state index contributed by atoms with van der Waals surface area (Å²) < 4.78 is 30.0. The summed E-state index contributed by atoms with van der Waals surface area (Å²) in [6.07, 6.45) is -0.543. The fourth-order valence-electron chi connectivity index (χ4n) is 4.32. The van der Waals surface area contributed by atoms with E-state index in [1.165, 1.54) is 4.68 Å². The Morgan fingerprint density at radius 2 is 2.00 bits per heavy atom. The van der Waals surface area contributed by atoms with Gasteiger partial charge in [0.1, 0.15) is 12.2 Å². The molecule has 2 aromatic heterocycles. The smallest absolute Gasteiger partial charge is 0.282 e. The zero-order valence-corrected chi connectivity index (χ0v) is 17.9. The number of para-hydroxylation sites is 2. The van der Waals surface area contributed by atoms with Crippen LogP contribution < -0.4 is 5.32 Å². The predicted octanol–water partition coefficient (Wildman–Crippen LogP) is 3.64. The van der Waals surface area contributed by atoms with Crippen molar-refractivity contribution in [2.24, 2.45) is 0 Å². The normalized spacial score (nSPS) is 13.5. The van der Waals surface area contributed by atoms with Crippen LogP contribution in [0, 0.1) is 0 Å². The van der Waals surface area contributed by atoms with Crippen LogP contribution >= 0.6 is 0 Å². The van der Waals surface area contributed by atoms with E-state index in [9.17, 15) is 13.6 Å². The number of benzene rings is 1. The molecule has 3 aromatic rings.